The van der Waals surface area contributed by atoms with Crippen LogP contribution >= 0.6 is 15.9 Å². The van der Waals surface area contributed by atoms with E-state index in [9.17, 15) is 13.4 Å². The van der Waals surface area contributed by atoms with Crippen molar-refractivity contribution in [2.75, 3.05) is 18.5 Å². The molecule has 19 heavy (non-hydrogen) atoms. The van der Waals surface area contributed by atoms with Gasteiger partial charge in [0.15, 0.2) is 0 Å². The number of rotatable bonds is 5. The highest BCUT2D eigenvalue weighted by Gasteiger charge is 2.14. The van der Waals surface area contributed by atoms with Gasteiger partial charge < -0.3 is 11.1 Å². The Morgan fingerprint density at radius 2 is 2.21 bits per heavy atom. The SMILES string of the molecule is CC(CCNC(=O)c1cc(N)c(F)cc1Br)S(C)=O. The van der Waals surface area contributed by atoms with Crippen LogP contribution in [-0.2, 0) is 10.8 Å². The highest BCUT2D eigenvalue weighted by molar-refractivity contribution is 9.10. The number of anilines is 1. The van der Waals surface area contributed by atoms with Gasteiger partial charge in [0.2, 0.25) is 0 Å². The summed E-state index contributed by atoms with van der Waals surface area (Å²) in [6.07, 6.45) is 2.24. The molecule has 4 nitrogen and oxygen atoms in total. The first-order valence-electron chi connectivity index (χ1n) is 5.68. The highest BCUT2D eigenvalue weighted by Crippen LogP contribution is 2.22. The number of carbonyl (C=O) groups is 1. The average molecular weight is 351 g/mol. The zero-order valence-corrected chi connectivity index (χ0v) is 13.1. The van der Waals surface area contributed by atoms with Crippen molar-refractivity contribution in [3.05, 3.63) is 28.0 Å². The highest BCUT2D eigenvalue weighted by atomic mass is 79.9. The molecule has 0 aliphatic rings. The lowest BCUT2D eigenvalue weighted by atomic mass is 10.2. The maximum Gasteiger partial charge on any atom is 0.252 e. The Bertz CT molecular complexity index is 511. The van der Waals surface area contributed by atoms with Gasteiger partial charge in [0.25, 0.3) is 5.91 Å². The van der Waals surface area contributed by atoms with Crippen LogP contribution in [0.1, 0.15) is 23.7 Å². The number of hydrogen-bond donors (Lipinski definition) is 2. The first kappa shape index (κ1) is 16.1. The Kier molecular flexibility index (Phi) is 5.93. The van der Waals surface area contributed by atoms with Crippen molar-refractivity contribution in [3.63, 3.8) is 0 Å². The number of carbonyl (C=O) groups excluding carboxylic acids is 1. The fourth-order valence-corrected chi connectivity index (χ4v) is 2.34. The predicted octanol–water partition coefficient (Wildman–Crippen LogP) is 2.06. The van der Waals surface area contributed by atoms with Gasteiger partial charge >= 0.3 is 0 Å². The van der Waals surface area contributed by atoms with Crippen LogP contribution in [0.15, 0.2) is 16.6 Å². The van der Waals surface area contributed by atoms with E-state index >= 15 is 0 Å². The minimum atomic E-state index is -0.911. The lowest BCUT2D eigenvalue weighted by Gasteiger charge is -2.10. The third kappa shape index (κ3) is 4.58. The summed E-state index contributed by atoms with van der Waals surface area (Å²) in [6, 6.07) is 2.45. The topological polar surface area (TPSA) is 72.2 Å². The van der Waals surface area contributed by atoms with E-state index in [-0.39, 0.29) is 22.4 Å². The van der Waals surface area contributed by atoms with Crippen LogP contribution in [-0.4, -0.2) is 28.2 Å². The van der Waals surface area contributed by atoms with Crippen molar-refractivity contribution in [2.45, 2.75) is 18.6 Å². The Morgan fingerprint density at radius 3 is 2.79 bits per heavy atom. The third-order valence-electron chi connectivity index (χ3n) is 2.73. The van der Waals surface area contributed by atoms with Crippen molar-refractivity contribution in [1.29, 1.82) is 0 Å². The number of benzene rings is 1. The molecule has 0 bridgehead atoms. The molecule has 0 aliphatic carbocycles. The molecule has 3 N–H and O–H groups in total. The quantitative estimate of drug-likeness (QED) is 0.798. The van der Waals surface area contributed by atoms with Gasteiger partial charge in [0.05, 0.1) is 11.3 Å². The van der Waals surface area contributed by atoms with Crippen LogP contribution in [0, 0.1) is 5.82 Å². The van der Waals surface area contributed by atoms with E-state index in [1.807, 2.05) is 6.92 Å². The summed E-state index contributed by atoms with van der Waals surface area (Å²) in [5.74, 6) is -0.911. The van der Waals surface area contributed by atoms with E-state index in [0.29, 0.717) is 17.4 Å². The summed E-state index contributed by atoms with van der Waals surface area (Å²) in [7, 11) is -0.911. The fraction of sp³-hybridized carbons (Fsp3) is 0.417. The van der Waals surface area contributed by atoms with Gasteiger partial charge in [-0.15, -0.1) is 0 Å². The van der Waals surface area contributed by atoms with Crippen LogP contribution in [0.3, 0.4) is 0 Å². The van der Waals surface area contributed by atoms with Crippen LogP contribution < -0.4 is 11.1 Å². The second kappa shape index (κ2) is 7.00. The summed E-state index contributed by atoms with van der Waals surface area (Å²) in [6.45, 7) is 2.26. The predicted molar refractivity (Wildman–Crippen MR) is 79.0 cm³/mol. The molecule has 0 spiro atoms. The maximum absolute atomic E-state index is 13.1. The van der Waals surface area contributed by atoms with E-state index < -0.39 is 16.6 Å². The number of amides is 1. The molecule has 0 aromatic heterocycles. The molecule has 1 aromatic carbocycles. The summed E-state index contributed by atoms with van der Waals surface area (Å²) in [5.41, 5.74) is 5.64. The molecule has 2 atom stereocenters. The van der Waals surface area contributed by atoms with E-state index in [4.69, 9.17) is 5.73 Å². The minimum Gasteiger partial charge on any atom is -0.396 e. The fourth-order valence-electron chi connectivity index (χ4n) is 1.39. The molecule has 106 valence electrons. The number of nitrogen functional groups attached to an aromatic ring is 1. The maximum atomic E-state index is 13.1. The van der Waals surface area contributed by atoms with Crippen molar-refractivity contribution >= 4 is 38.3 Å². The standard InChI is InChI=1S/C12H16BrFN2O2S/c1-7(19(2)18)3-4-16-12(17)8-5-11(15)10(14)6-9(8)13/h5-7H,3-4,15H2,1-2H3,(H,16,17). The van der Waals surface area contributed by atoms with Crippen molar-refractivity contribution in [1.82, 2.24) is 5.32 Å². The van der Waals surface area contributed by atoms with E-state index in [0.717, 1.165) is 6.07 Å². The van der Waals surface area contributed by atoms with Crippen molar-refractivity contribution < 1.29 is 13.4 Å². The largest absolute Gasteiger partial charge is 0.396 e. The summed E-state index contributed by atoms with van der Waals surface area (Å²) >= 11 is 3.12. The van der Waals surface area contributed by atoms with Crippen LogP contribution in [0.25, 0.3) is 0 Å². The van der Waals surface area contributed by atoms with Gasteiger partial charge in [-0.25, -0.2) is 4.39 Å². The third-order valence-corrected chi connectivity index (χ3v) is 4.76. The second-order valence-corrected chi connectivity index (χ2v) is 6.86. The molecule has 1 amide bonds. The number of halogens is 2. The minimum absolute atomic E-state index is 0.0158. The van der Waals surface area contributed by atoms with Crippen LogP contribution in [0.5, 0.6) is 0 Å². The Balaban J connectivity index is 2.64. The van der Waals surface area contributed by atoms with Crippen molar-refractivity contribution in [3.8, 4) is 0 Å². The lowest BCUT2D eigenvalue weighted by Crippen LogP contribution is -2.27. The number of hydrogen-bond acceptors (Lipinski definition) is 3. The molecule has 0 aliphatic heterocycles. The molecule has 0 saturated carbocycles. The van der Waals surface area contributed by atoms with Gasteiger partial charge in [-0.2, -0.15) is 0 Å². The zero-order valence-electron chi connectivity index (χ0n) is 10.7. The van der Waals surface area contributed by atoms with Gasteiger partial charge in [-0.05, 0) is 34.5 Å². The van der Waals surface area contributed by atoms with Crippen LogP contribution in [0.4, 0.5) is 10.1 Å². The van der Waals surface area contributed by atoms with E-state index in [1.165, 1.54) is 6.07 Å². The first-order chi connectivity index (χ1) is 8.82. The first-order valence-corrected chi connectivity index (χ1v) is 8.09. The average Bonchev–Trinajstić information content (AvgIpc) is 2.33. The summed E-state index contributed by atoms with van der Waals surface area (Å²) in [4.78, 5) is 11.9. The summed E-state index contributed by atoms with van der Waals surface area (Å²) < 4.78 is 24.7. The molecule has 0 radical (unpaired) electrons. The summed E-state index contributed by atoms with van der Waals surface area (Å²) in [5, 5.41) is 2.71. The molecule has 0 heterocycles. The number of nitrogens with one attached hydrogen (secondary N) is 1. The Morgan fingerprint density at radius 1 is 1.58 bits per heavy atom. The molecule has 0 saturated heterocycles. The molecule has 1 rings (SSSR count). The molecular formula is C12H16BrFN2O2S. The molecule has 2 unspecified atom stereocenters. The van der Waals surface area contributed by atoms with Crippen molar-refractivity contribution in [2.24, 2.45) is 0 Å². The van der Waals surface area contributed by atoms with Gasteiger partial charge in [0, 0.05) is 33.3 Å². The van der Waals surface area contributed by atoms with E-state index in [2.05, 4.69) is 21.2 Å². The normalized spacial score (nSPS) is 13.9. The van der Waals surface area contributed by atoms with E-state index in [1.54, 1.807) is 6.26 Å². The Labute approximate surface area is 122 Å². The molecular weight excluding hydrogens is 335 g/mol. The van der Waals surface area contributed by atoms with Gasteiger partial charge in [0.1, 0.15) is 5.82 Å². The molecule has 7 heteroatoms. The lowest BCUT2D eigenvalue weighted by molar-refractivity contribution is 0.0952. The smallest absolute Gasteiger partial charge is 0.252 e. The monoisotopic (exact) mass is 350 g/mol. The Hall–Kier alpha value is -0.950. The molecule has 0 fully saturated rings. The van der Waals surface area contributed by atoms with Gasteiger partial charge in [-0.1, -0.05) is 6.92 Å². The zero-order chi connectivity index (χ0) is 14.6. The number of nitrogens with two attached hydrogens (primary N) is 1. The van der Waals surface area contributed by atoms with Crippen LogP contribution in [0.2, 0.25) is 0 Å². The van der Waals surface area contributed by atoms with Gasteiger partial charge in [-0.3, -0.25) is 9.00 Å². The molecule has 1 aromatic rings. The second-order valence-electron chi connectivity index (χ2n) is 4.21.